The number of benzene rings is 2. The molecule has 0 saturated carbocycles. The highest BCUT2D eigenvalue weighted by Crippen LogP contribution is 2.19. The molecule has 0 unspecified atom stereocenters. The molecule has 3 N–H and O–H groups in total. The molecule has 6 nitrogen and oxygen atoms in total. The standard InChI is InChI=1S/C24H27N5O.HI/c1-17-7-9-18(10-8-17)23-29-20(16-30-23)12-14-27-24(25-2)26-13-11-19-15-28-22-6-4-3-5-21(19)22;/h3-10,15-16,28H,11-14H2,1-2H3,(H2,25,26,27);1H. The van der Waals surface area contributed by atoms with Crippen LogP contribution in [0.4, 0.5) is 0 Å². The summed E-state index contributed by atoms with van der Waals surface area (Å²) in [5, 5.41) is 7.99. The molecule has 0 saturated heterocycles. The van der Waals surface area contributed by atoms with Gasteiger partial charge in [0, 0.05) is 49.2 Å². The maximum absolute atomic E-state index is 5.63. The molecule has 0 spiro atoms. The Morgan fingerprint density at radius 2 is 1.77 bits per heavy atom. The SMILES string of the molecule is CN=C(NCCc1coc(-c2ccc(C)cc2)n1)NCCc1c[nH]c2ccccc12.I. The van der Waals surface area contributed by atoms with Crippen molar-refractivity contribution in [1.82, 2.24) is 20.6 Å². The fourth-order valence-corrected chi connectivity index (χ4v) is 3.43. The number of para-hydroxylation sites is 1. The number of aryl methyl sites for hydroxylation is 1. The van der Waals surface area contributed by atoms with E-state index in [1.165, 1.54) is 22.0 Å². The van der Waals surface area contributed by atoms with Crippen LogP contribution in [-0.4, -0.2) is 36.1 Å². The normalized spacial score (nSPS) is 11.4. The molecular formula is C24H28IN5O. The summed E-state index contributed by atoms with van der Waals surface area (Å²) < 4.78 is 5.63. The number of H-pyrrole nitrogens is 1. The molecule has 31 heavy (non-hydrogen) atoms. The molecule has 0 aliphatic heterocycles. The van der Waals surface area contributed by atoms with Crippen molar-refractivity contribution in [3.8, 4) is 11.5 Å². The van der Waals surface area contributed by atoms with Gasteiger partial charge in [-0.15, -0.1) is 24.0 Å². The van der Waals surface area contributed by atoms with Crippen LogP contribution < -0.4 is 10.6 Å². The third kappa shape index (κ3) is 5.88. The number of hydrogen-bond donors (Lipinski definition) is 3. The van der Waals surface area contributed by atoms with Crippen molar-refractivity contribution in [3.05, 3.63) is 77.8 Å². The molecular weight excluding hydrogens is 501 g/mol. The minimum Gasteiger partial charge on any atom is -0.444 e. The third-order valence-electron chi connectivity index (χ3n) is 5.11. The number of nitrogens with one attached hydrogen (secondary N) is 3. The van der Waals surface area contributed by atoms with Gasteiger partial charge in [-0.1, -0.05) is 35.9 Å². The topological polar surface area (TPSA) is 78.2 Å². The number of halogens is 1. The predicted octanol–water partition coefficient (Wildman–Crippen LogP) is 4.70. The summed E-state index contributed by atoms with van der Waals surface area (Å²) in [5.74, 6) is 1.45. The van der Waals surface area contributed by atoms with Crippen LogP contribution in [0, 0.1) is 6.92 Å². The average molecular weight is 529 g/mol. The lowest BCUT2D eigenvalue weighted by Gasteiger charge is -2.11. The number of fused-ring (bicyclic) bond motifs is 1. The Balaban J connectivity index is 0.00000272. The van der Waals surface area contributed by atoms with E-state index < -0.39 is 0 Å². The molecule has 2 aromatic heterocycles. The van der Waals surface area contributed by atoms with Crippen LogP contribution in [0.25, 0.3) is 22.4 Å². The zero-order valence-electron chi connectivity index (χ0n) is 17.8. The van der Waals surface area contributed by atoms with Crippen molar-refractivity contribution >= 4 is 40.8 Å². The predicted molar refractivity (Wildman–Crippen MR) is 137 cm³/mol. The molecule has 0 bridgehead atoms. The second kappa shape index (κ2) is 11.0. The Hall–Kier alpha value is -2.81. The molecule has 162 valence electrons. The first kappa shape index (κ1) is 22.9. The monoisotopic (exact) mass is 529 g/mol. The maximum atomic E-state index is 5.63. The average Bonchev–Trinajstić information content (AvgIpc) is 3.41. The highest BCUT2D eigenvalue weighted by atomic mass is 127. The summed E-state index contributed by atoms with van der Waals surface area (Å²) in [6.07, 6.45) is 5.50. The van der Waals surface area contributed by atoms with Crippen LogP contribution in [0.5, 0.6) is 0 Å². The van der Waals surface area contributed by atoms with Crippen LogP contribution in [-0.2, 0) is 12.8 Å². The van der Waals surface area contributed by atoms with E-state index in [9.17, 15) is 0 Å². The Labute approximate surface area is 199 Å². The van der Waals surface area contributed by atoms with Crippen LogP contribution in [0.15, 0.2) is 70.4 Å². The third-order valence-corrected chi connectivity index (χ3v) is 5.11. The maximum Gasteiger partial charge on any atom is 0.226 e. The minimum atomic E-state index is 0. The van der Waals surface area contributed by atoms with Crippen molar-refractivity contribution in [2.45, 2.75) is 19.8 Å². The van der Waals surface area contributed by atoms with Gasteiger partial charge in [-0.2, -0.15) is 0 Å². The smallest absolute Gasteiger partial charge is 0.226 e. The number of oxazole rings is 1. The summed E-state index contributed by atoms with van der Waals surface area (Å²) in [6.45, 7) is 3.60. The van der Waals surface area contributed by atoms with Gasteiger partial charge in [0.05, 0.1) is 5.69 Å². The number of aromatic amines is 1. The number of aromatic nitrogens is 2. The van der Waals surface area contributed by atoms with Crippen LogP contribution in [0.1, 0.15) is 16.8 Å². The van der Waals surface area contributed by atoms with Gasteiger partial charge in [-0.05, 0) is 37.1 Å². The lowest BCUT2D eigenvalue weighted by Crippen LogP contribution is -2.39. The summed E-state index contributed by atoms with van der Waals surface area (Å²) in [7, 11) is 1.78. The van der Waals surface area contributed by atoms with E-state index in [1.54, 1.807) is 13.3 Å². The van der Waals surface area contributed by atoms with Crippen molar-refractivity contribution in [2.24, 2.45) is 4.99 Å². The number of guanidine groups is 1. The fourth-order valence-electron chi connectivity index (χ4n) is 3.43. The fraction of sp³-hybridized carbons (Fsp3) is 0.250. The van der Waals surface area contributed by atoms with E-state index in [2.05, 4.69) is 69.0 Å². The summed E-state index contributed by atoms with van der Waals surface area (Å²) in [6, 6.07) is 16.6. The number of nitrogens with zero attached hydrogens (tertiary/aromatic N) is 2. The van der Waals surface area contributed by atoms with Gasteiger partial charge in [-0.25, -0.2) is 4.98 Å². The number of rotatable bonds is 7. The van der Waals surface area contributed by atoms with Crippen molar-refractivity contribution in [1.29, 1.82) is 0 Å². The zero-order valence-corrected chi connectivity index (χ0v) is 20.1. The highest BCUT2D eigenvalue weighted by Gasteiger charge is 2.07. The molecule has 4 aromatic rings. The van der Waals surface area contributed by atoms with Gasteiger partial charge in [0.25, 0.3) is 0 Å². The van der Waals surface area contributed by atoms with E-state index >= 15 is 0 Å². The Bertz CT molecular complexity index is 1130. The summed E-state index contributed by atoms with van der Waals surface area (Å²) >= 11 is 0. The first-order valence-electron chi connectivity index (χ1n) is 10.2. The Morgan fingerprint density at radius 1 is 1.03 bits per heavy atom. The van der Waals surface area contributed by atoms with Crippen molar-refractivity contribution < 1.29 is 4.42 Å². The van der Waals surface area contributed by atoms with E-state index in [0.29, 0.717) is 5.89 Å². The lowest BCUT2D eigenvalue weighted by molar-refractivity contribution is 0.572. The molecule has 4 rings (SSSR count). The summed E-state index contributed by atoms with van der Waals surface area (Å²) in [4.78, 5) is 12.2. The highest BCUT2D eigenvalue weighted by molar-refractivity contribution is 14.0. The van der Waals surface area contributed by atoms with E-state index in [-0.39, 0.29) is 24.0 Å². The number of hydrogen-bond acceptors (Lipinski definition) is 3. The first-order valence-corrected chi connectivity index (χ1v) is 10.2. The van der Waals surface area contributed by atoms with E-state index in [1.807, 2.05) is 18.2 Å². The van der Waals surface area contributed by atoms with E-state index in [4.69, 9.17) is 4.42 Å². The molecule has 0 aliphatic rings. The molecule has 0 amide bonds. The van der Waals surface area contributed by atoms with E-state index in [0.717, 1.165) is 43.1 Å². The Kier molecular flexibility index (Phi) is 8.11. The molecule has 0 aliphatic carbocycles. The second-order valence-electron chi connectivity index (χ2n) is 7.30. The second-order valence-corrected chi connectivity index (χ2v) is 7.30. The lowest BCUT2D eigenvalue weighted by atomic mass is 10.1. The summed E-state index contributed by atoms with van der Waals surface area (Å²) in [5.41, 5.74) is 5.62. The van der Waals surface area contributed by atoms with Gasteiger partial charge in [0.2, 0.25) is 5.89 Å². The minimum absolute atomic E-state index is 0. The van der Waals surface area contributed by atoms with Gasteiger partial charge >= 0.3 is 0 Å². The largest absolute Gasteiger partial charge is 0.444 e. The molecule has 2 heterocycles. The first-order chi connectivity index (χ1) is 14.7. The van der Waals surface area contributed by atoms with Crippen molar-refractivity contribution in [3.63, 3.8) is 0 Å². The molecule has 0 radical (unpaired) electrons. The Morgan fingerprint density at radius 3 is 2.55 bits per heavy atom. The van der Waals surface area contributed by atoms with Gasteiger partial charge in [0.15, 0.2) is 5.96 Å². The van der Waals surface area contributed by atoms with Crippen LogP contribution in [0.2, 0.25) is 0 Å². The van der Waals surface area contributed by atoms with Crippen LogP contribution in [0.3, 0.4) is 0 Å². The van der Waals surface area contributed by atoms with Gasteiger partial charge in [-0.3, -0.25) is 4.99 Å². The van der Waals surface area contributed by atoms with Gasteiger partial charge in [0.1, 0.15) is 6.26 Å². The molecule has 2 aromatic carbocycles. The van der Waals surface area contributed by atoms with Crippen molar-refractivity contribution in [2.75, 3.05) is 20.1 Å². The quantitative estimate of drug-likeness (QED) is 0.184. The van der Waals surface area contributed by atoms with Gasteiger partial charge < -0.3 is 20.0 Å². The number of aliphatic imine (C=N–C) groups is 1. The zero-order chi connectivity index (χ0) is 20.8. The van der Waals surface area contributed by atoms with Crippen LogP contribution >= 0.6 is 24.0 Å². The molecule has 0 fully saturated rings. The molecule has 0 atom stereocenters. The molecule has 7 heteroatoms.